The van der Waals surface area contributed by atoms with E-state index in [1.54, 1.807) is 31.2 Å². The maximum absolute atomic E-state index is 12.8. The van der Waals surface area contributed by atoms with Crippen molar-refractivity contribution in [3.8, 4) is 0 Å². The van der Waals surface area contributed by atoms with Gasteiger partial charge in [-0.25, -0.2) is 13.1 Å². The number of carbonyl (C=O) groups is 1. The molecule has 24 heavy (non-hydrogen) atoms. The van der Waals surface area contributed by atoms with Crippen LogP contribution >= 0.6 is 0 Å². The van der Waals surface area contributed by atoms with Gasteiger partial charge in [-0.1, -0.05) is 12.1 Å². The fourth-order valence-corrected chi connectivity index (χ4v) is 4.28. The lowest BCUT2D eigenvalue weighted by Gasteiger charge is -2.37. The Labute approximate surface area is 142 Å². The van der Waals surface area contributed by atoms with E-state index in [0.29, 0.717) is 18.4 Å². The van der Waals surface area contributed by atoms with Crippen molar-refractivity contribution in [2.75, 3.05) is 5.75 Å². The Morgan fingerprint density at radius 2 is 1.79 bits per heavy atom. The quantitative estimate of drug-likeness (QED) is 0.835. The molecular formula is C17H24N2O4S. The molecule has 0 spiro atoms. The third-order valence-corrected chi connectivity index (χ3v) is 6.36. The highest BCUT2D eigenvalue weighted by molar-refractivity contribution is 7.89. The Balaban J connectivity index is 1.66. The Morgan fingerprint density at radius 3 is 2.33 bits per heavy atom. The zero-order chi connectivity index (χ0) is 17.3. The van der Waals surface area contributed by atoms with Gasteiger partial charge < -0.3 is 10.0 Å². The summed E-state index contributed by atoms with van der Waals surface area (Å²) in [7, 11) is -3.22. The van der Waals surface area contributed by atoms with Crippen molar-refractivity contribution < 1.29 is 18.3 Å². The molecule has 7 heteroatoms. The van der Waals surface area contributed by atoms with Gasteiger partial charge >= 0.3 is 0 Å². The Morgan fingerprint density at radius 1 is 1.21 bits per heavy atom. The molecule has 2 atom stereocenters. The van der Waals surface area contributed by atoms with Crippen molar-refractivity contribution in [3.05, 3.63) is 35.4 Å². The molecule has 2 bridgehead atoms. The normalized spacial score (nSPS) is 26.6. The molecule has 1 aromatic rings. The van der Waals surface area contributed by atoms with Gasteiger partial charge in [0.1, 0.15) is 0 Å². The van der Waals surface area contributed by atoms with E-state index in [-0.39, 0.29) is 36.4 Å². The van der Waals surface area contributed by atoms with Crippen molar-refractivity contribution in [3.63, 3.8) is 0 Å². The molecule has 2 aliphatic rings. The first-order valence-electron chi connectivity index (χ1n) is 8.46. The van der Waals surface area contributed by atoms with E-state index < -0.39 is 10.0 Å². The number of carbonyl (C=O) groups excluding carboxylic acids is 1. The Bertz CT molecular complexity index is 688. The summed E-state index contributed by atoms with van der Waals surface area (Å²) in [5.41, 5.74) is 1.44. The van der Waals surface area contributed by atoms with Gasteiger partial charge in [0, 0.05) is 24.2 Å². The first-order valence-corrected chi connectivity index (χ1v) is 10.1. The summed E-state index contributed by atoms with van der Waals surface area (Å²) in [5.74, 6) is 0.0581. The summed E-state index contributed by atoms with van der Waals surface area (Å²) in [5, 5.41) is 9.85. The first kappa shape index (κ1) is 17.4. The van der Waals surface area contributed by atoms with E-state index in [0.717, 1.165) is 18.4 Å². The van der Waals surface area contributed by atoms with E-state index >= 15 is 0 Å². The maximum Gasteiger partial charge on any atom is 0.254 e. The van der Waals surface area contributed by atoms with Crippen LogP contribution in [0.5, 0.6) is 0 Å². The molecule has 1 amide bonds. The number of aliphatic hydroxyl groups is 1. The second-order valence-corrected chi connectivity index (χ2v) is 8.74. The second kappa shape index (κ2) is 6.82. The molecule has 2 N–H and O–H groups in total. The van der Waals surface area contributed by atoms with E-state index in [2.05, 4.69) is 4.72 Å². The van der Waals surface area contributed by atoms with Gasteiger partial charge in [-0.05, 0) is 50.3 Å². The zero-order valence-electron chi connectivity index (χ0n) is 13.8. The van der Waals surface area contributed by atoms with E-state index in [1.807, 2.05) is 4.90 Å². The Hall–Kier alpha value is -1.44. The molecule has 2 saturated heterocycles. The van der Waals surface area contributed by atoms with Gasteiger partial charge in [-0.15, -0.1) is 0 Å². The monoisotopic (exact) mass is 352 g/mol. The number of sulfonamides is 1. The third-order valence-electron chi connectivity index (χ3n) is 5.02. The number of benzene rings is 1. The van der Waals surface area contributed by atoms with Crippen molar-refractivity contribution in [1.82, 2.24) is 9.62 Å². The smallest absolute Gasteiger partial charge is 0.254 e. The standard InChI is InChI=1S/C17H24N2O4S/c1-2-24(22,23)18-11-12-3-5-13(6-4-12)17(21)19-14-7-8-15(19)10-16(20)9-14/h3-6,14-16,18,20H,2,7-11H2,1H3. The number of hydrogen-bond donors (Lipinski definition) is 2. The topological polar surface area (TPSA) is 86.7 Å². The second-order valence-electron chi connectivity index (χ2n) is 6.64. The SMILES string of the molecule is CCS(=O)(=O)NCc1ccc(C(=O)N2C3CCC2CC(O)C3)cc1. The third kappa shape index (κ3) is 3.63. The molecule has 6 nitrogen and oxygen atoms in total. The van der Waals surface area contributed by atoms with Crippen molar-refractivity contribution in [2.45, 2.75) is 57.3 Å². The predicted molar refractivity (Wildman–Crippen MR) is 91.0 cm³/mol. The minimum atomic E-state index is -3.22. The number of fused-ring (bicyclic) bond motifs is 2. The van der Waals surface area contributed by atoms with Crippen LogP contribution in [0.3, 0.4) is 0 Å². The lowest BCUT2D eigenvalue weighted by molar-refractivity contribution is 0.0287. The number of amides is 1. The molecule has 2 unspecified atom stereocenters. The van der Waals surface area contributed by atoms with Crippen LogP contribution in [0.15, 0.2) is 24.3 Å². The number of rotatable bonds is 5. The summed E-state index contributed by atoms with van der Waals surface area (Å²) in [6.07, 6.45) is 2.97. The molecule has 2 aliphatic heterocycles. The van der Waals surface area contributed by atoms with Crippen molar-refractivity contribution >= 4 is 15.9 Å². The van der Waals surface area contributed by atoms with Crippen LogP contribution < -0.4 is 4.72 Å². The molecule has 1 aromatic carbocycles. The van der Waals surface area contributed by atoms with Crippen LogP contribution in [-0.2, 0) is 16.6 Å². The summed E-state index contributed by atoms with van der Waals surface area (Å²) >= 11 is 0. The number of piperidine rings is 1. The Kier molecular flexibility index (Phi) is 4.94. The molecule has 0 radical (unpaired) electrons. The van der Waals surface area contributed by atoms with Crippen LogP contribution in [0, 0.1) is 0 Å². The number of nitrogens with zero attached hydrogens (tertiary/aromatic N) is 1. The van der Waals surface area contributed by atoms with Gasteiger partial charge in [0.15, 0.2) is 0 Å². The van der Waals surface area contributed by atoms with E-state index in [9.17, 15) is 18.3 Å². The lowest BCUT2D eigenvalue weighted by Crippen LogP contribution is -2.48. The first-order chi connectivity index (χ1) is 11.4. The van der Waals surface area contributed by atoms with E-state index in [4.69, 9.17) is 0 Å². The number of hydrogen-bond acceptors (Lipinski definition) is 4. The van der Waals surface area contributed by atoms with Crippen LogP contribution in [0.2, 0.25) is 0 Å². The van der Waals surface area contributed by atoms with Gasteiger partial charge in [0.2, 0.25) is 10.0 Å². The van der Waals surface area contributed by atoms with Gasteiger partial charge in [0.05, 0.1) is 11.9 Å². The maximum atomic E-state index is 12.8. The number of aliphatic hydroxyl groups excluding tert-OH is 1. The molecule has 0 aromatic heterocycles. The number of nitrogens with one attached hydrogen (secondary N) is 1. The van der Waals surface area contributed by atoms with Crippen molar-refractivity contribution in [2.24, 2.45) is 0 Å². The molecule has 0 aliphatic carbocycles. The highest BCUT2D eigenvalue weighted by Crippen LogP contribution is 2.36. The van der Waals surface area contributed by atoms with Gasteiger partial charge in [-0.3, -0.25) is 4.79 Å². The van der Waals surface area contributed by atoms with Crippen LogP contribution in [-0.4, -0.2) is 48.3 Å². The molecule has 0 saturated carbocycles. The molecule has 3 rings (SSSR count). The fourth-order valence-electron chi connectivity index (χ4n) is 3.69. The molecule has 2 heterocycles. The summed E-state index contributed by atoms with van der Waals surface area (Å²) in [6, 6.07) is 7.35. The average molecular weight is 352 g/mol. The molecule has 132 valence electrons. The minimum absolute atomic E-state index is 0.00934. The average Bonchev–Trinajstić information content (AvgIpc) is 2.84. The summed E-state index contributed by atoms with van der Waals surface area (Å²) in [6.45, 7) is 1.82. The fraction of sp³-hybridized carbons (Fsp3) is 0.588. The molecular weight excluding hydrogens is 328 g/mol. The lowest BCUT2D eigenvalue weighted by atomic mass is 9.98. The summed E-state index contributed by atoms with van der Waals surface area (Å²) < 4.78 is 25.5. The largest absolute Gasteiger partial charge is 0.393 e. The summed E-state index contributed by atoms with van der Waals surface area (Å²) in [4.78, 5) is 14.7. The predicted octanol–water partition coefficient (Wildman–Crippen LogP) is 1.25. The highest BCUT2D eigenvalue weighted by Gasteiger charge is 2.42. The highest BCUT2D eigenvalue weighted by atomic mass is 32.2. The van der Waals surface area contributed by atoms with Crippen molar-refractivity contribution in [1.29, 1.82) is 0 Å². The van der Waals surface area contributed by atoms with Crippen LogP contribution in [0.4, 0.5) is 0 Å². The van der Waals surface area contributed by atoms with Gasteiger partial charge in [-0.2, -0.15) is 0 Å². The van der Waals surface area contributed by atoms with Crippen LogP contribution in [0.1, 0.15) is 48.5 Å². The van der Waals surface area contributed by atoms with Gasteiger partial charge in [0.25, 0.3) is 5.91 Å². The van der Waals surface area contributed by atoms with Crippen LogP contribution in [0.25, 0.3) is 0 Å². The minimum Gasteiger partial charge on any atom is -0.393 e. The van der Waals surface area contributed by atoms with E-state index in [1.165, 1.54) is 0 Å². The molecule has 2 fully saturated rings. The zero-order valence-corrected chi connectivity index (χ0v) is 14.6.